The van der Waals surface area contributed by atoms with Gasteiger partial charge in [0.25, 0.3) is 0 Å². The van der Waals surface area contributed by atoms with Crippen LogP contribution in [0, 0.1) is 22.7 Å². The summed E-state index contributed by atoms with van der Waals surface area (Å²) < 4.78 is 2.17. The highest BCUT2D eigenvalue weighted by Crippen LogP contribution is 2.36. The summed E-state index contributed by atoms with van der Waals surface area (Å²) in [6.07, 6.45) is 0. The molecular formula is C44H29N3Si. The van der Waals surface area contributed by atoms with Gasteiger partial charge in [-0.25, -0.2) is 0 Å². The van der Waals surface area contributed by atoms with E-state index >= 15 is 0 Å². The summed E-state index contributed by atoms with van der Waals surface area (Å²) in [5.74, 6) is 0. The molecule has 1 heterocycles. The van der Waals surface area contributed by atoms with Gasteiger partial charge in [-0.05, 0) is 45.0 Å². The summed E-state index contributed by atoms with van der Waals surface area (Å²) in [7, 11) is -2.83. The Balaban J connectivity index is 1.38. The van der Waals surface area contributed by atoms with Crippen molar-refractivity contribution < 1.29 is 0 Å². The van der Waals surface area contributed by atoms with Crippen LogP contribution in [0.1, 0.15) is 11.1 Å². The first-order valence-corrected chi connectivity index (χ1v) is 18.0. The topological polar surface area (TPSA) is 52.5 Å². The van der Waals surface area contributed by atoms with Crippen LogP contribution in [0.5, 0.6) is 0 Å². The third kappa shape index (κ3) is 4.48. The predicted molar refractivity (Wildman–Crippen MR) is 199 cm³/mol. The van der Waals surface area contributed by atoms with Crippen LogP contribution in [0.3, 0.4) is 0 Å². The maximum atomic E-state index is 10.8. The van der Waals surface area contributed by atoms with E-state index in [1.807, 2.05) is 42.5 Å². The van der Waals surface area contributed by atoms with Crippen molar-refractivity contribution in [3.05, 3.63) is 187 Å². The van der Waals surface area contributed by atoms with Crippen molar-refractivity contribution in [2.24, 2.45) is 0 Å². The fourth-order valence-electron chi connectivity index (χ4n) is 7.42. The van der Waals surface area contributed by atoms with Gasteiger partial charge in [0.15, 0.2) is 8.07 Å². The Morgan fingerprint density at radius 3 is 1.42 bits per heavy atom. The number of aromatic nitrogens is 1. The summed E-state index contributed by atoms with van der Waals surface area (Å²) in [5, 5.41) is 28.6. The number of benzene rings is 7. The van der Waals surface area contributed by atoms with E-state index in [1.54, 1.807) is 0 Å². The second-order valence-electron chi connectivity index (χ2n) is 11.9. The van der Waals surface area contributed by atoms with Crippen molar-refractivity contribution in [3.63, 3.8) is 0 Å². The molecule has 0 fully saturated rings. The van der Waals surface area contributed by atoms with Gasteiger partial charge >= 0.3 is 0 Å². The first-order chi connectivity index (χ1) is 23.8. The Kier molecular flexibility index (Phi) is 7.27. The van der Waals surface area contributed by atoms with E-state index < -0.39 is 8.07 Å². The highest BCUT2D eigenvalue weighted by molar-refractivity contribution is 7.19. The SMILES string of the molecule is N#Cc1cc([Si](c2ccccc2)(c2ccccc2)c2ccccc2)ccc1-c1cccc(-n2c3ccccc3c3ccccc32)c1C#N. The molecule has 3 nitrogen and oxygen atoms in total. The van der Waals surface area contributed by atoms with E-state index in [4.69, 9.17) is 0 Å². The van der Waals surface area contributed by atoms with E-state index in [0.29, 0.717) is 11.1 Å². The Bertz CT molecular complexity index is 2370. The smallest absolute Gasteiger partial charge is 0.179 e. The molecular weight excluding hydrogens is 599 g/mol. The van der Waals surface area contributed by atoms with Crippen molar-refractivity contribution in [1.82, 2.24) is 4.57 Å². The lowest BCUT2D eigenvalue weighted by Gasteiger charge is -2.34. The van der Waals surface area contributed by atoms with Crippen LogP contribution < -0.4 is 20.7 Å². The second kappa shape index (κ2) is 12.0. The fourth-order valence-corrected chi connectivity index (χ4v) is 12.2. The first-order valence-electron chi connectivity index (χ1n) is 16.0. The standard InChI is InChI=1S/C44H29N3Si/c45-30-32-29-36(48(33-15-4-1-5-16-33,34-17-6-2-7-18-34)35-19-8-3-9-20-35)27-28-37(32)38-23-14-26-44(41(38)31-46)47-42-24-12-10-21-39(42)40-22-11-13-25-43(40)47/h1-29H. The van der Waals surface area contributed by atoms with E-state index in [9.17, 15) is 10.5 Å². The van der Waals surface area contributed by atoms with Crippen LogP contribution in [0.25, 0.3) is 38.6 Å². The Morgan fingerprint density at radius 2 is 0.917 bits per heavy atom. The normalized spacial score (nSPS) is 11.3. The molecule has 0 unspecified atom stereocenters. The lowest BCUT2D eigenvalue weighted by molar-refractivity contribution is 1.17. The number of hydrogen-bond donors (Lipinski definition) is 0. The van der Waals surface area contributed by atoms with Gasteiger partial charge in [-0.15, -0.1) is 0 Å². The molecule has 0 atom stereocenters. The number of nitrogens with zero attached hydrogens (tertiary/aromatic N) is 3. The number of nitriles is 2. The molecule has 0 spiro atoms. The average Bonchev–Trinajstić information content (AvgIpc) is 3.50. The highest BCUT2D eigenvalue weighted by atomic mass is 28.3. The zero-order chi connectivity index (χ0) is 32.5. The molecule has 8 rings (SSSR count). The molecule has 0 N–H and O–H groups in total. The summed E-state index contributed by atoms with van der Waals surface area (Å²) in [6, 6.07) is 66.0. The van der Waals surface area contributed by atoms with Gasteiger partial charge in [-0.2, -0.15) is 10.5 Å². The maximum Gasteiger partial charge on any atom is 0.179 e. The molecule has 1 aromatic heterocycles. The second-order valence-corrected chi connectivity index (χ2v) is 15.7. The first kappa shape index (κ1) is 29.0. The molecule has 0 aliphatic rings. The zero-order valence-corrected chi connectivity index (χ0v) is 27.1. The number of fused-ring (bicyclic) bond motifs is 3. The van der Waals surface area contributed by atoms with E-state index in [1.165, 1.54) is 15.6 Å². The third-order valence-electron chi connectivity index (χ3n) is 9.46. The minimum atomic E-state index is -2.83. The van der Waals surface area contributed by atoms with Crippen molar-refractivity contribution in [3.8, 4) is 29.0 Å². The third-order valence-corrected chi connectivity index (χ3v) is 14.2. The van der Waals surface area contributed by atoms with Gasteiger partial charge in [-0.1, -0.05) is 152 Å². The molecule has 0 aliphatic heterocycles. The van der Waals surface area contributed by atoms with Gasteiger partial charge in [0.05, 0.1) is 33.9 Å². The molecule has 0 aliphatic carbocycles. The largest absolute Gasteiger partial charge is 0.308 e. The molecule has 4 heteroatoms. The summed E-state index contributed by atoms with van der Waals surface area (Å²) in [4.78, 5) is 0. The molecule has 0 radical (unpaired) electrons. The lowest BCUT2D eigenvalue weighted by Crippen LogP contribution is -2.74. The van der Waals surface area contributed by atoms with Crippen LogP contribution in [-0.4, -0.2) is 12.6 Å². The summed E-state index contributed by atoms with van der Waals surface area (Å²) in [5.41, 5.74) is 5.43. The minimum absolute atomic E-state index is 0.533. The van der Waals surface area contributed by atoms with Gasteiger partial charge in [0, 0.05) is 21.9 Å². The van der Waals surface area contributed by atoms with Gasteiger partial charge < -0.3 is 4.57 Å². The fraction of sp³-hybridized carbons (Fsp3) is 0. The lowest BCUT2D eigenvalue weighted by atomic mass is 9.95. The summed E-state index contributed by atoms with van der Waals surface area (Å²) in [6.45, 7) is 0. The van der Waals surface area contributed by atoms with E-state index in [2.05, 4.69) is 150 Å². The van der Waals surface area contributed by atoms with Crippen molar-refractivity contribution in [2.45, 2.75) is 0 Å². The Hall–Kier alpha value is -6.46. The molecule has 48 heavy (non-hydrogen) atoms. The minimum Gasteiger partial charge on any atom is -0.308 e. The molecule has 0 saturated heterocycles. The molecule has 0 saturated carbocycles. The van der Waals surface area contributed by atoms with Gasteiger partial charge in [-0.3, -0.25) is 0 Å². The van der Waals surface area contributed by atoms with Crippen LogP contribution in [0.2, 0.25) is 0 Å². The Labute approximate surface area is 280 Å². The number of rotatable bonds is 6. The van der Waals surface area contributed by atoms with Crippen molar-refractivity contribution in [2.75, 3.05) is 0 Å². The van der Waals surface area contributed by atoms with Crippen molar-refractivity contribution in [1.29, 1.82) is 10.5 Å². The maximum absolute atomic E-state index is 10.8. The monoisotopic (exact) mass is 627 g/mol. The average molecular weight is 628 g/mol. The zero-order valence-electron chi connectivity index (χ0n) is 26.1. The van der Waals surface area contributed by atoms with Crippen LogP contribution in [0.4, 0.5) is 0 Å². The molecule has 7 aromatic carbocycles. The van der Waals surface area contributed by atoms with Crippen LogP contribution >= 0.6 is 0 Å². The van der Waals surface area contributed by atoms with Gasteiger partial charge in [0.2, 0.25) is 0 Å². The summed E-state index contributed by atoms with van der Waals surface area (Å²) >= 11 is 0. The number of para-hydroxylation sites is 2. The predicted octanol–water partition coefficient (Wildman–Crippen LogP) is 7.57. The number of hydrogen-bond acceptors (Lipinski definition) is 2. The van der Waals surface area contributed by atoms with Crippen LogP contribution in [0.15, 0.2) is 176 Å². The molecule has 224 valence electrons. The Morgan fingerprint density at radius 1 is 0.417 bits per heavy atom. The highest BCUT2D eigenvalue weighted by Gasteiger charge is 2.41. The van der Waals surface area contributed by atoms with E-state index in [-0.39, 0.29) is 0 Å². The van der Waals surface area contributed by atoms with Crippen molar-refractivity contribution >= 4 is 50.6 Å². The van der Waals surface area contributed by atoms with Crippen LogP contribution in [-0.2, 0) is 0 Å². The molecule has 8 aromatic rings. The molecule has 0 amide bonds. The quantitative estimate of drug-likeness (QED) is 0.141. The van der Waals surface area contributed by atoms with Gasteiger partial charge in [0.1, 0.15) is 6.07 Å². The van der Waals surface area contributed by atoms with E-state index in [0.717, 1.165) is 43.8 Å². The molecule has 0 bridgehead atoms.